The molecule has 0 aliphatic heterocycles. The Morgan fingerprint density at radius 1 is 0.604 bits per heavy atom. The molecule has 0 aliphatic carbocycles. The molecular formula is C45H73NO7. The van der Waals surface area contributed by atoms with Crippen molar-refractivity contribution >= 4 is 29.1 Å². The van der Waals surface area contributed by atoms with Crippen LogP contribution in [-0.2, 0) is 33.4 Å². The molecule has 0 spiro atoms. The lowest BCUT2D eigenvalue weighted by Gasteiger charge is -2.21. The third kappa shape index (κ3) is 33.0. The Labute approximate surface area is 322 Å². The molecule has 0 rings (SSSR count). The molecule has 8 heteroatoms. The van der Waals surface area contributed by atoms with Crippen LogP contribution >= 0.6 is 0 Å². The summed E-state index contributed by atoms with van der Waals surface area (Å²) in [6, 6.07) is 0. The van der Waals surface area contributed by atoms with Gasteiger partial charge in [-0.15, -0.1) is 0 Å². The maximum atomic E-state index is 12.4. The van der Waals surface area contributed by atoms with E-state index in [-0.39, 0.29) is 73.9 Å². The fourth-order valence-electron chi connectivity index (χ4n) is 6.17. The van der Waals surface area contributed by atoms with Gasteiger partial charge < -0.3 is 14.3 Å². The standard InChI is InChI=1S/C45H73NO7/c1-6-10-11-12-25-29-32-53-45(51)38-46(36-42(49)8-3)37-44(9-4)52-31-28-26-23-21-19-17-15-13-14-16-18-20-22-24-27-30-43(50)35-40(33-39(5)47)34-41(48)7-2/h7-8,27,30,40H,2-4,6,10-26,28-29,31-38H2,1,5H3/b30-27-. The first-order valence-corrected chi connectivity index (χ1v) is 20.5. The van der Waals surface area contributed by atoms with Crippen LogP contribution in [0.4, 0.5) is 0 Å². The van der Waals surface area contributed by atoms with Gasteiger partial charge in [-0.1, -0.05) is 141 Å². The van der Waals surface area contributed by atoms with E-state index in [4.69, 9.17) is 9.47 Å². The molecule has 0 saturated carbocycles. The van der Waals surface area contributed by atoms with E-state index >= 15 is 0 Å². The van der Waals surface area contributed by atoms with Crippen molar-refractivity contribution < 1.29 is 33.4 Å². The number of hydrogen-bond donors (Lipinski definition) is 0. The second-order valence-electron chi connectivity index (χ2n) is 14.4. The van der Waals surface area contributed by atoms with Crippen LogP contribution in [0.15, 0.2) is 55.5 Å². The van der Waals surface area contributed by atoms with Crippen molar-refractivity contribution in [2.75, 3.05) is 32.8 Å². The molecule has 1 unspecified atom stereocenters. The molecule has 0 amide bonds. The lowest BCUT2D eigenvalue weighted by Crippen LogP contribution is -2.36. The second kappa shape index (κ2) is 35.7. The summed E-state index contributed by atoms with van der Waals surface area (Å²) in [6.45, 7) is 15.7. The number of ketones is 4. The third-order valence-electron chi connectivity index (χ3n) is 9.16. The number of carbonyl (C=O) groups excluding carboxylic acids is 5. The third-order valence-corrected chi connectivity index (χ3v) is 9.16. The van der Waals surface area contributed by atoms with Gasteiger partial charge in [-0.05, 0) is 56.8 Å². The molecule has 1 atom stereocenters. The van der Waals surface area contributed by atoms with E-state index in [1.807, 2.05) is 6.08 Å². The molecular weight excluding hydrogens is 666 g/mol. The van der Waals surface area contributed by atoms with Gasteiger partial charge >= 0.3 is 5.97 Å². The summed E-state index contributed by atoms with van der Waals surface area (Å²) < 4.78 is 11.3. The average Bonchev–Trinajstić information content (AvgIpc) is 3.12. The van der Waals surface area contributed by atoms with Gasteiger partial charge in [0.15, 0.2) is 23.1 Å². The van der Waals surface area contributed by atoms with Crippen molar-refractivity contribution in [2.24, 2.45) is 5.92 Å². The minimum Gasteiger partial charge on any atom is -0.489 e. The van der Waals surface area contributed by atoms with Gasteiger partial charge in [0.25, 0.3) is 0 Å². The van der Waals surface area contributed by atoms with Crippen molar-refractivity contribution in [3.8, 4) is 0 Å². The number of rotatable bonds is 39. The molecule has 0 aromatic carbocycles. The largest absolute Gasteiger partial charge is 0.489 e. The molecule has 8 nitrogen and oxygen atoms in total. The van der Waals surface area contributed by atoms with Crippen LogP contribution in [0.2, 0.25) is 0 Å². The minimum atomic E-state index is -0.346. The van der Waals surface area contributed by atoms with Crippen LogP contribution < -0.4 is 0 Å². The summed E-state index contributed by atoms with van der Waals surface area (Å²) in [5, 5.41) is 0. The smallest absolute Gasteiger partial charge is 0.320 e. The van der Waals surface area contributed by atoms with Crippen molar-refractivity contribution in [1.29, 1.82) is 0 Å². The fraction of sp³-hybridized carbons (Fsp3) is 0.689. The Balaban J connectivity index is 3.94. The van der Waals surface area contributed by atoms with E-state index in [0.29, 0.717) is 19.0 Å². The highest BCUT2D eigenvalue weighted by atomic mass is 16.5. The highest BCUT2D eigenvalue weighted by molar-refractivity contribution is 5.93. The zero-order chi connectivity index (χ0) is 39.4. The molecule has 0 bridgehead atoms. The van der Waals surface area contributed by atoms with Crippen LogP contribution in [-0.4, -0.2) is 66.9 Å². The maximum absolute atomic E-state index is 12.4. The number of Topliss-reactive ketones (excluding diaryl/α,β-unsaturated/α-hetero) is 1. The van der Waals surface area contributed by atoms with Crippen LogP contribution in [0.5, 0.6) is 0 Å². The zero-order valence-corrected chi connectivity index (χ0v) is 33.6. The molecule has 0 saturated heterocycles. The van der Waals surface area contributed by atoms with Crippen LogP contribution in [0.25, 0.3) is 0 Å². The normalized spacial score (nSPS) is 11.6. The van der Waals surface area contributed by atoms with Crippen molar-refractivity contribution in [3.05, 3.63) is 55.5 Å². The van der Waals surface area contributed by atoms with Gasteiger partial charge in [0.1, 0.15) is 5.78 Å². The average molecular weight is 740 g/mol. The first-order valence-electron chi connectivity index (χ1n) is 20.5. The minimum absolute atomic E-state index is 0.00239. The van der Waals surface area contributed by atoms with Gasteiger partial charge in [0, 0.05) is 19.3 Å². The predicted octanol–water partition coefficient (Wildman–Crippen LogP) is 10.3. The zero-order valence-electron chi connectivity index (χ0n) is 33.6. The van der Waals surface area contributed by atoms with E-state index in [9.17, 15) is 24.0 Å². The van der Waals surface area contributed by atoms with Crippen molar-refractivity contribution in [3.63, 3.8) is 0 Å². The monoisotopic (exact) mass is 740 g/mol. The Morgan fingerprint density at radius 2 is 1.09 bits per heavy atom. The summed E-state index contributed by atoms with van der Waals surface area (Å²) >= 11 is 0. The summed E-state index contributed by atoms with van der Waals surface area (Å²) in [7, 11) is 0. The summed E-state index contributed by atoms with van der Waals surface area (Å²) in [5.74, 6) is -0.384. The van der Waals surface area contributed by atoms with Crippen molar-refractivity contribution in [2.45, 2.75) is 162 Å². The predicted molar refractivity (Wildman–Crippen MR) is 217 cm³/mol. The van der Waals surface area contributed by atoms with E-state index in [1.54, 1.807) is 11.0 Å². The summed E-state index contributed by atoms with van der Waals surface area (Å²) in [4.78, 5) is 61.5. The maximum Gasteiger partial charge on any atom is 0.320 e. The van der Waals surface area contributed by atoms with Gasteiger partial charge in [0.2, 0.25) is 0 Å². The molecule has 0 aliphatic rings. The number of nitrogens with zero attached hydrogens (tertiary/aromatic N) is 1. The molecule has 0 heterocycles. The fourth-order valence-corrected chi connectivity index (χ4v) is 6.17. The Hall–Kier alpha value is -3.35. The SMILES string of the molecule is C=C=C(CN(CC(=O)C=C)CC(=O)OCCCCCCCC)OCCCCCCCCCCCCCCC/C=C\C(=O)CC(CC(C)=O)CC(=O)C=C. The molecule has 0 aromatic heterocycles. The van der Waals surface area contributed by atoms with E-state index in [1.165, 1.54) is 96.1 Å². The molecule has 300 valence electrons. The summed E-state index contributed by atoms with van der Waals surface area (Å²) in [6.07, 6.45) is 29.8. The highest BCUT2D eigenvalue weighted by Crippen LogP contribution is 2.17. The molecule has 0 N–H and O–H groups in total. The molecule has 0 aromatic rings. The van der Waals surface area contributed by atoms with Crippen LogP contribution in [0.3, 0.4) is 0 Å². The van der Waals surface area contributed by atoms with Crippen LogP contribution in [0.1, 0.15) is 162 Å². The van der Waals surface area contributed by atoms with Gasteiger partial charge in [-0.25, -0.2) is 0 Å². The lowest BCUT2D eigenvalue weighted by molar-refractivity contribution is -0.145. The van der Waals surface area contributed by atoms with Crippen LogP contribution in [0, 0.1) is 5.92 Å². The molecule has 53 heavy (non-hydrogen) atoms. The number of esters is 1. The number of hydrogen-bond acceptors (Lipinski definition) is 8. The van der Waals surface area contributed by atoms with Gasteiger partial charge in [-0.3, -0.25) is 24.1 Å². The number of ether oxygens (including phenoxy) is 2. The topological polar surface area (TPSA) is 107 Å². The van der Waals surface area contributed by atoms with E-state index < -0.39 is 0 Å². The van der Waals surface area contributed by atoms with E-state index in [2.05, 4.69) is 32.4 Å². The van der Waals surface area contributed by atoms with E-state index in [0.717, 1.165) is 51.4 Å². The number of unbranched alkanes of at least 4 members (excludes halogenated alkanes) is 18. The first-order chi connectivity index (χ1) is 25.6. The van der Waals surface area contributed by atoms with Crippen molar-refractivity contribution in [1.82, 2.24) is 4.90 Å². The highest BCUT2D eigenvalue weighted by Gasteiger charge is 2.18. The Kier molecular flexibility index (Phi) is 33.4. The van der Waals surface area contributed by atoms with Gasteiger partial charge in [-0.2, -0.15) is 0 Å². The number of carbonyl (C=O) groups is 5. The Bertz CT molecular complexity index is 1130. The Morgan fingerprint density at radius 3 is 1.60 bits per heavy atom. The molecule has 0 fully saturated rings. The molecule has 0 radical (unpaired) electrons. The summed E-state index contributed by atoms with van der Waals surface area (Å²) in [5.41, 5.74) is 2.83. The first kappa shape index (κ1) is 49.6. The second-order valence-corrected chi connectivity index (χ2v) is 14.4. The van der Waals surface area contributed by atoms with Gasteiger partial charge in [0.05, 0.1) is 32.8 Å². The number of allylic oxidation sites excluding steroid dienone is 3. The quantitative estimate of drug-likeness (QED) is 0.0202. The lowest BCUT2D eigenvalue weighted by atomic mass is 9.91.